The first-order chi connectivity index (χ1) is 16.3. The van der Waals surface area contributed by atoms with E-state index >= 15 is 0 Å². The Bertz CT molecular complexity index is 1400. The van der Waals surface area contributed by atoms with Crippen molar-refractivity contribution < 1.29 is 13.2 Å². The average Bonchev–Trinajstić information content (AvgIpc) is 2.83. The highest BCUT2D eigenvalue weighted by atomic mass is 35.5. The number of hydrogen-bond acceptors (Lipinski definition) is 3. The van der Waals surface area contributed by atoms with Gasteiger partial charge in [0.2, 0.25) is 5.91 Å². The fourth-order valence-corrected chi connectivity index (χ4v) is 4.77. The Morgan fingerprint density at radius 1 is 0.794 bits per heavy atom. The molecule has 0 fully saturated rings. The molecule has 0 spiro atoms. The summed E-state index contributed by atoms with van der Waals surface area (Å²) in [7, 11) is -3.79. The third-order valence-corrected chi connectivity index (χ3v) is 7.18. The van der Waals surface area contributed by atoms with Crippen LogP contribution in [-0.4, -0.2) is 14.3 Å². The maximum atomic E-state index is 12.7. The zero-order chi connectivity index (χ0) is 24.1. The molecule has 4 aromatic rings. The van der Waals surface area contributed by atoms with E-state index < -0.39 is 10.0 Å². The number of sulfonamides is 1. The highest BCUT2D eigenvalue weighted by molar-refractivity contribution is 7.92. The highest BCUT2D eigenvalue weighted by Crippen LogP contribution is 2.26. The van der Waals surface area contributed by atoms with Crippen LogP contribution in [0.2, 0.25) is 5.02 Å². The number of hydrogen-bond donors (Lipinski definition) is 2. The molecule has 0 aliphatic carbocycles. The topological polar surface area (TPSA) is 75.3 Å². The quantitative estimate of drug-likeness (QED) is 0.319. The summed E-state index contributed by atoms with van der Waals surface area (Å²) in [5, 5.41) is 3.29. The largest absolute Gasteiger partial charge is 0.326 e. The zero-order valence-electron chi connectivity index (χ0n) is 18.5. The maximum Gasteiger partial charge on any atom is 0.261 e. The predicted molar refractivity (Wildman–Crippen MR) is 138 cm³/mol. The van der Waals surface area contributed by atoms with Crippen molar-refractivity contribution in [1.82, 2.24) is 0 Å². The Hall–Kier alpha value is -3.61. The summed E-state index contributed by atoms with van der Waals surface area (Å²) in [4.78, 5) is 12.6. The Morgan fingerprint density at radius 3 is 2.12 bits per heavy atom. The van der Waals surface area contributed by atoms with E-state index in [1.165, 1.54) is 12.1 Å². The number of benzene rings is 4. The van der Waals surface area contributed by atoms with Gasteiger partial charge >= 0.3 is 0 Å². The van der Waals surface area contributed by atoms with Crippen molar-refractivity contribution in [2.75, 3.05) is 10.0 Å². The monoisotopic (exact) mass is 490 g/mol. The Kier molecular flexibility index (Phi) is 7.01. The van der Waals surface area contributed by atoms with Gasteiger partial charge in [0.1, 0.15) is 0 Å². The lowest BCUT2D eigenvalue weighted by molar-refractivity contribution is -0.115. The third kappa shape index (κ3) is 5.65. The summed E-state index contributed by atoms with van der Waals surface area (Å²) in [6.07, 6.45) is 0.213. The molecule has 0 aliphatic heterocycles. The molecule has 0 bridgehead atoms. The van der Waals surface area contributed by atoms with Gasteiger partial charge in [0, 0.05) is 10.7 Å². The fraction of sp³-hybridized carbons (Fsp3) is 0.0741. The molecule has 4 rings (SSSR count). The molecule has 0 saturated carbocycles. The molecule has 2 N–H and O–H groups in total. The lowest BCUT2D eigenvalue weighted by atomic mass is 10.0. The first kappa shape index (κ1) is 23.5. The van der Waals surface area contributed by atoms with Crippen molar-refractivity contribution in [3.63, 3.8) is 0 Å². The highest BCUT2D eigenvalue weighted by Gasteiger charge is 2.16. The lowest BCUT2D eigenvalue weighted by Gasteiger charge is -2.12. The minimum absolute atomic E-state index is 0.0846. The zero-order valence-corrected chi connectivity index (χ0v) is 20.0. The molecule has 34 heavy (non-hydrogen) atoms. The van der Waals surface area contributed by atoms with Crippen molar-refractivity contribution in [3.8, 4) is 11.1 Å². The van der Waals surface area contributed by atoms with Crippen molar-refractivity contribution >= 4 is 38.9 Å². The van der Waals surface area contributed by atoms with E-state index in [4.69, 9.17) is 11.6 Å². The Labute approximate surface area is 204 Å². The summed E-state index contributed by atoms with van der Waals surface area (Å²) in [6, 6.07) is 28.9. The van der Waals surface area contributed by atoms with Gasteiger partial charge in [-0.05, 0) is 65.6 Å². The lowest BCUT2D eigenvalue weighted by Crippen LogP contribution is -2.15. The van der Waals surface area contributed by atoms with Gasteiger partial charge in [0.25, 0.3) is 10.0 Å². The Morgan fingerprint density at radius 2 is 1.44 bits per heavy atom. The Balaban J connectivity index is 1.38. The summed E-state index contributed by atoms with van der Waals surface area (Å²) >= 11 is 6.08. The van der Waals surface area contributed by atoms with Crippen LogP contribution in [0.4, 0.5) is 11.4 Å². The number of nitrogens with one attached hydrogen (secondary N) is 2. The second-order valence-electron chi connectivity index (χ2n) is 7.83. The number of amides is 1. The molecule has 0 aliphatic rings. The van der Waals surface area contributed by atoms with Crippen LogP contribution in [0.25, 0.3) is 11.1 Å². The average molecular weight is 491 g/mol. The first-order valence-electron chi connectivity index (χ1n) is 10.6. The molecule has 7 heteroatoms. The number of carbonyl (C=O) groups is 1. The smallest absolute Gasteiger partial charge is 0.261 e. The van der Waals surface area contributed by atoms with Gasteiger partial charge in [-0.1, -0.05) is 72.3 Å². The minimum atomic E-state index is -3.79. The van der Waals surface area contributed by atoms with Gasteiger partial charge < -0.3 is 5.32 Å². The summed E-state index contributed by atoms with van der Waals surface area (Å²) < 4.78 is 28.0. The van der Waals surface area contributed by atoms with Crippen molar-refractivity contribution in [2.45, 2.75) is 18.2 Å². The number of rotatable bonds is 7. The van der Waals surface area contributed by atoms with Crippen molar-refractivity contribution in [3.05, 3.63) is 113 Å². The first-order valence-corrected chi connectivity index (χ1v) is 12.5. The van der Waals surface area contributed by atoms with E-state index in [0.29, 0.717) is 22.0 Å². The molecule has 4 aromatic carbocycles. The van der Waals surface area contributed by atoms with E-state index in [1.807, 2.05) is 54.6 Å². The predicted octanol–water partition coefficient (Wildman–Crippen LogP) is 6.30. The van der Waals surface area contributed by atoms with Crippen LogP contribution in [0.5, 0.6) is 0 Å². The van der Waals surface area contributed by atoms with E-state index in [9.17, 15) is 13.2 Å². The van der Waals surface area contributed by atoms with Crippen molar-refractivity contribution in [2.24, 2.45) is 0 Å². The molecule has 0 radical (unpaired) electrons. The third-order valence-electron chi connectivity index (χ3n) is 5.39. The second kappa shape index (κ2) is 10.1. The number of carbonyl (C=O) groups excluding carboxylic acids is 1. The van der Waals surface area contributed by atoms with Crippen LogP contribution in [0, 0.1) is 6.92 Å². The van der Waals surface area contributed by atoms with E-state index in [-0.39, 0.29) is 17.2 Å². The van der Waals surface area contributed by atoms with Gasteiger partial charge in [-0.15, -0.1) is 0 Å². The molecule has 0 atom stereocenters. The van der Waals surface area contributed by atoms with Gasteiger partial charge in [0.15, 0.2) is 0 Å². The van der Waals surface area contributed by atoms with Crippen LogP contribution in [0.15, 0.2) is 102 Å². The fourth-order valence-electron chi connectivity index (χ4n) is 3.48. The molecular weight excluding hydrogens is 468 g/mol. The van der Waals surface area contributed by atoms with Gasteiger partial charge in [-0.25, -0.2) is 8.42 Å². The molecule has 0 aromatic heterocycles. The SMILES string of the molecule is Cc1c(Cl)cccc1NS(=O)(=O)c1ccc(NC(=O)Cc2ccc(-c3ccccc3)cc2)cc1. The van der Waals surface area contributed by atoms with Crippen LogP contribution in [-0.2, 0) is 21.2 Å². The summed E-state index contributed by atoms with van der Waals surface area (Å²) in [5.74, 6) is -0.184. The summed E-state index contributed by atoms with van der Waals surface area (Å²) in [5.41, 5.74) is 4.68. The van der Waals surface area contributed by atoms with E-state index in [0.717, 1.165) is 16.7 Å². The molecule has 0 unspecified atom stereocenters. The van der Waals surface area contributed by atoms with Gasteiger partial charge in [-0.2, -0.15) is 0 Å². The molecule has 172 valence electrons. The van der Waals surface area contributed by atoms with Crippen LogP contribution < -0.4 is 10.0 Å². The molecule has 5 nitrogen and oxygen atoms in total. The standard InChI is InChI=1S/C27H23ClN2O3S/c1-19-25(28)8-5-9-26(19)30-34(32,33)24-16-14-23(15-17-24)29-27(31)18-20-10-12-22(13-11-20)21-6-3-2-4-7-21/h2-17,30H,18H2,1H3,(H,29,31). The van der Waals surface area contributed by atoms with Crippen LogP contribution in [0.1, 0.15) is 11.1 Å². The van der Waals surface area contributed by atoms with Crippen LogP contribution in [0.3, 0.4) is 0 Å². The second-order valence-corrected chi connectivity index (χ2v) is 9.92. The van der Waals surface area contributed by atoms with E-state index in [1.54, 1.807) is 37.3 Å². The molecular formula is C27H23ClN2O3S. The van der Waals surface area contributed by atoms with Crippen LogP contribution >= 0.6 is 11.6 Å². The molecule has 1 amide bonds. The number of anilines is 2. The summed E-state index contributed by atoms with van der Waals surface area (Å²) in [6.45, 7) is 1.74. The van der Waals surface area contributed by atoms with Gasteiger partial charge in [0.05, 0.1) is 17.0 Å². The normalized spacial score (nSPS) is 11.1. The molecule has 0 heterocycles. The number of halogens is 1. The maximum absolute atomic E-state index is 12.7. The minimum Gasteiger partial charge on any atom is -0.326 e. The van der Waals surface area contributed by atoms with Gasteiger partial charge in [-0.3, -0.25) is 9.52 Å². The molecule has 0 saturated heterocycles. The van der Waals surface area contributed by atoms with E-state index in [2.05, 4.69) is 10.0 Å². The van der Waals surface area contributed by atoms with Crippen molar-refractivity contribution in [1.29, 1.82) is 0 Å².